The van der Waals surface area contributed by atoms with Crippen molar-refractivity contribution in [3.05, 3.63) is 36.1 Å². The Hall–Kier alpha value is -1.33. The van der Waals surface area contributed by atoms with E-state index in [2.05, 4.69) is 4.18 Å². The standard InChI is InChI=1S/C8H9NO3S/c9-8-3-1-2-7(6-8)4-5-12-13(10)11/h1-6H,9H2,(H,10,11)/p-1/b5-4+. The molecule has 2 N–H and O–H groups in total. The van der Waals surface area contributed by atoms with Crippen LogP contribution in [0.5, 0.6) is 0 Å². The van der Waals surface area contributed by atoms with Crippen LogP contribution >= 0.6 is 0 Å². The zero-order valence-corrected chi connectivity index (χ0v) is 7.49. The second kappa shape index (κ2) is 4.64. The lowest BCUT2D eigenvalue weighted by atomic mass is 10.2. The van der Waals surface area contributed by atoms with E-state index in [1.807, 2.05) is 0 Å². The summed E-state index contributed by atoms with van der Waals surface area (Å²) in [5.41, 5.74) is 6.89. The Kier molecular flexibility index (Phi) is 3.48. The van der Waals surface area contributed by atoms with Crippen LogP contribution in [0.25, 0.3) is 6.08 Å². The molecule has 0 saturated carbocycles. The number of anilines is 1. The maximum absolute atomic E-state index is 9.96. The van der Waals surface area contributed by atoms with Crippen LogP contribution in [0.1, 0.15) is 5.56 Å². The van der Waals surface area contributed by atoms with Gasteiger partial charge < -0.3 is 14.5 Å². The van der Waals surface area contributed by atoms with Crippen LogP contribution in [0.3, 0.4) is 0 Å². The van der Waals surface area contributed by atoms with E-state index in [-0.39, 0.29) is 0 Å². The van der Waals surface area contributed by atoms with Crippen molar-refractivity contribution < 1.29 is 12.9 Å². The van der Waals surface area contributed by atoms with Gasteiger partial charge >= 0.3 is 0 Å². The Bertz CT molecular complexity index is 338. The minimum atomic E-state index is -2.51. The van der Waals surface area contributed by atoms with Crippen LogP contribution in [0.4, 0.5) is 5.69 Å². The highest BCUT2D eigenvalue weighted by Crippen LogP contribution is 2.07. The number of nitrogens with two attached hydrogens (primary N) is 1. The Morgan fingerprint density at radius 3 is 2.92 bits per heavy atom. The molecule has 70 valence electrons. The van der Waals surface area contributed by atoms with Crippen LogP contribution in [0.15, 0.2) is 30.5 Å². The number of hydrogen-bond acceptors (Lipinski definition) is 4. The summed E-state index contributed by atoms with van der Waals surface area (Å²) >= 11 is -2.51. The summed E-state index contributed by atoms with van der Waals surface area (Å²) in [4.78, 5) is 0. The topological polar surface area (TPSA) is 75.4 Å². The Morgan fingerprint density at radius 1 is 1.54 bits per heavy atom. The predicted molar refractivity (Wildman–Crippen MR) is 49.9 cm³/mol. The first-order valence-electron chi connectivity index (χ1n) is 3.47. The summed E-state index contributed by atoms with van der Waals surface area (Å²) in [5.74, 6) is 0. The third-order valence-electron chi connectivity index (χ3n) is 1.31. The summed E-state index contributed by atoms with van der Waals surface area (Å²) < 4.78 is 24.1. The molecule has 0 amide bonds. The van der Waals surface area contributed by atoms with Gasteiger partial charge in [-0.05, 0) is 23.8 Å². The molecular formula is C8H8NO3S-. The maximum atomic E-state index is 9.96. The predicted octanol–water partition coefficient (Wildman–Crippen LogP) is 1.05. The van der Waals surface area contributed by atoms with E-state index in [0.29, 0.717) is 5.69 Å². The average Bonchev–Trinajstić information content (AvgIpc) is 2.03. The number of nitrogen functional groups attached to an aromatic ring is 1. The molecule has 1 atom stereocenters. The molecular weight excluding hydrogens is 190 g/mol. The van der Waals surface area contributed by atoms with Crippen LogP contribution in [0.2, 0.25) is 0 Å². The van der Waals surface area contributed by atoms with Gasteiger partial charge in [-0.3, -0.25) is 0 Å². The Morgan fingerprint density at radius 2 is 2.31 bits per heavy atom. The first kappa shape index (κ1) is 9.76. The molecule has 4 nitrogen and oxygen atoms in total. The van der Waals surface area contributed by atoms with Gasteiger partial charge in [0.15, 0.2) is 0 Å². The smallest absolute Gasteiger partial charge is 0.138 e. The van der Waals surface area contributed by atoms with E-state index in [1.54, 1.807) is 24.3 Å². The van der Waals surface area contributed by atoms with Crippen molar-refractivity contribution in [3.8, 4) is 0 Å². The van der Waals surface area contributed by atoms with Gasteiger partial charge in [-0.2, -0.15) is 0 Å². The Balaban J connectivity index is 2.63. The molecule has 0 aliphatic carbocycles. The largest absolute Gasteiger partial charge is 0.740 e. The first-order chi connectivity index (χ1) is 6.18. The van der Waals surface area contributed by atoms with E-state index in [0.717, 1.165) is 11.8 Å². The minimum absolute atomic E-state index is 0.616. The highest BCUT2D eigenvalue weighted by atomic mass is 32.2. The van der Waals surface area contributed by atoms with Crippen molar-refractivity contribution in [1.82, 2.24) is 0 Å². The number of benzene rings is 1. The van der Waals surface area contributed by atoms with Gasteiger partial charge in [0.2, 0.25) is 0 Å². The summed E-state index contributed by atoms with van der Waals surface area (Å²) in [6.07, 6.45) is 2.59. The molecule has 1 aromatic rings. The molecule has 0 radical (unpaired) electrons. The second-order valence-electron chi connectivity index (χ2n) is 2.27. The van der Waals surface area contributed by atoms with E-state index in [1.165, 1.54) is 6.08 Å². The van der Waals surface area contributed by atoms with Gasteiger partial charge in [0.25, 0.3) is 0 Å². The van der Waals surface area contributed by atoms with E-state index in [9.17, 15) is 8.76 Å². The molecule has 0 spiro atoms. The molecule has 0 fully saturated rings. The molecule has 0 saturated heterocycles. The van der Waals surface area contributed by atoms with Crippen molar-refractivity contribution in [2.45, 2.75) is 0 Å². The van der Waals surface area contributed by atoms with Crippen molar-refractivity contribution in [2.24, 2.45) is 0 Å². The molecule has 0 aliphatic heterocycles. The van der Waals surface area contributed by atoms with Gasteiger partial charge in [-0.25, -0.2) is 4.21 Å². The maximum Gasteiger partial charge on any atom is 0.138 e. The SMILES string of the molecule is Nc1cccc(/C=C/OS(=O)[O-])c1. The zero-order valence-electron chi connectivity index (χ0n) is 6.67. The molecule has 1 rings (SSSR count). The highest BCUT2D eigenvalue weighted by Gasteiger charge is 1.87. The van der Waals surface area contributed by atoms with E-state index < -0.39 is 11.4 Å². The first-order valence-corrected chi connectivity index (χ1v) is 4.47. The second-order valence-corrected chi connectivity index (χ2v) is 2.87. The fourth-order valence-corrected chi connectivity index (χ4v) is 0.961. The lowest BCUT2D eigenvalue weighted by Gasteiger charge is -2.00. The summed E-state index contributed by atoms with van der Waals surface area (Å²) in [5, 5.41) is 0. The molecule has 0 aliphatic rings. The number of hydrogen-bond donors (Lipinski definition) is 1. The van der Waals surface area contributed by atoms with Gasteiger partial charge in [-0.1, -0.05) is 12.1 Å². The fourth-order valence-electron chi connectivity index (χ4n) is 0.814. The summed E-state index contributed by atoms with van der Waals surface area (Å²) in [6, 6.07) is 6.99. The quantitative estimate of drug-likeness (QED) is 0.447. The monoisotopic (exact) mass is 198 g/mol. The minimum Gasteiger partial charge on any atom is -0.740 e. The van der Waals surface area contributed by atoms with Crippen LogP contribution < -0.4 is 5.73 Å². The van der Waals surface area contributed by atoms with Gasteiger partial charge in [0, 0.05) is 5.69 Å². The van der Waals surface area contributed by atoms with E-state index in [4.69, 9.17) is 5.73 Å². The third kappa shape index (κ3) is 3.73. The van der Waals surface area contributed by atoms with Crippen molar-refractivity contribution in [2.75, 3.05) is 5.73 Å². The molecule has 1 unspecified atom stereocenters. The molecule has 0 bridgehead atoms. The van der Waals surface area contributed by atoms with Gasteiger partial charge in [-0.15, -0.1) is 0 Å². The fraction of sp³-hybridized carbons (Fsp3) is 0. The van der Waals surface area contributed by atoms with Crippen LogP contribution in [0, 0.1) is 0 Å². The normalized spacial score (nSPS) is 13.0. The van der Waals surface area contributed by atoms with E-state index >= 15 is 0 Å². The third-order valence-corrected chi connectivity index (χ3v) is 1.57. The lowest BCUT2D eigenvalue weighted by molar-refractivity contribution is 0.407. The summed E-state index contributed by atoms with van der Waals surface area (Å²) in [7, 11) is 0. The molecule has 13 heavy (non-hydrogen) atoms. The number of rotatable bonds is 3. The van der Waals surface area contributed by atoms with Gasteiger partial charge in [0.05, 0.1) is 0 Å². The molecule has 0 aromatic heterocycles. The molecule has 0 heterocycles. The lowest BCUT2D eigenvalue weighted by Crippen LogP contribution is -1.87. The zero-order chi connectivity index (χ0) is 9.68. The molecule has 1 aromatic carbocycles. The summed E-state index contributed by atoms with van der Waals surface area (Å²) in [6.45, 7) is 0. The van der Waals surface area contributed by atoms with Crippen LogP contribution in [-0.4, -0.2) is 8.76 Å². The van der Waals surface area contributed by atoms with Crippen molar-refractivity contribution in [1.29, 1.82) is 0 Å². The molecule has 5 heteroatoms. The van der Waals surface area contributed by atoms with Crippen molar-refractivity contribution in [3.63, 3.8) is 0 Å². The van der Waals surface area contributed by atoms with Gasteiger partial charge in [0.1, 0.15) is 17.6 Å². The Labute approximate surface area is 78.5 Å². The average molecular weight is 198 g/mol. The van der Waals surface area contributed by atoms with Crippen LogP contribution in [-0.2, 0) is 15.5 Å². The van der Waals surface area contributed by atoms with Crippen molar-refractivity contribution >= 4 is 23.1 Å². The highest BCUT2D eigenvalue weighted by molar-refractivity contribution is 7.74.